The smallest absolute Gasteiger partial charge is 0.119 e. The number of β-amino-alcohol motifs (C(OH)–C–C–N with tert-alkyl or cyclic N) is 1. The van der Waals surface area contributed by atoms with Crippen molar-refractivity contribution in [1.29, 1.82) is 0 Å². The lowest BCUT2D eigenvalue weighted by Crippen LogP contribution is -2.47. The summed E-state index contributed by atoms with van der Waals surface area (Å²) in [4.78, 5) is 0. The van der Waals surface area contributed by atoms with Gasteiger partial charge >= 0.3 is 0 Å². The van der Waals surface area contributed by atoms with Crippen molar-refractivity contribution >= 4 is 0 Å². The second kappa shape index (κ2) is 9.06. The standard InChI is InChI=1S/C18H31NO2/c1-5-15-9-11-17(12-10-15)21-14-16(20)13-19-18(6-2,7-3)8-4/h9-12,16,19-20H,5-8,13-14H2,1-4H3. The van der Waals surface area contributed by atoms with Gasteiger partial charge in [0.25, 0.3) is 0 Å². The predicted octanol–water partition coefficient (Wildman–Crippen LogP) is 3.55. The predicted molar refractivity (Wildman–Crippen MR) is 88.9 cm³/mol. The summed E-state index contributed by atoms with van der Waals surface area (Å²) in [6.45, 7) is 9.61. The van der Waals surface area contributed by atoms with Crippen LogP contribution in [0.25, 0.3) is 0 Å². The molecule has 0 aliphatic rings. The van der Waals surface area contributed by atoms with Crippen LogP contribution in [-0.4, -0.2) is 29.9 Å². The first-order valence-corrected chi connectivity index (χ1v) is 8.24. The van der Waals surface area contributed by atoms with Gasteiger partial charge in [-0.1, -0.05) is 39.8 Å². The maximum absolute atomic E-state index is 10.1. The molecule has 0 spiro atoms. The van der Waals surface area contributed by atoms with Crippen LogP contribution in [-0.2, 0) is 6.42 Å². The zero-order chi connectivity index (χ0) is 15.7. The van der Waals surface area contributed by atoms with E-state index < -0.39 is 6.10 Å². The normalized spacial score (nSPS) is 13.2. The number of hydrogen-bond acceptors (Lipinski definition) is 3. The molecule has 21 heavy (non-hydrogen) atoms. The topological polar surface area (TPSA) is 41.5 Å². The molecule has 0 saturated carbocycles. The van der Waals surface area contributed by atoms with Crippen molar-refractivity contribution in [2.75, 3.05) is 13.2 Å². The van der Waals surface area contributed by atoms with Gasteiger partial charge in [0, 0.05) is 12.1 Å². The molecule has 0 saturated heterocycles. The third-order valence-corrected chi connectivity index (χ3v) is 4.52. The number of benzene rings is 1. The average molecular weight is 293 g/mol. The molecule has 1 atom stereocenters. The van der Waals surface area contributed by atoms with E-state index in [1.54, 1.807) is 0 Å². The minimum Gasteiger partial charge on any atom is -0.491 e. The molecule has 0 heterocycles. The molecule has 3 nitrogen and oxygen atoms in total. The van der Waals surface area contributed by atoms with Gasteiger partial charge in [-0.25, -0.2) is 0 Å². The molecule has 120 valence electrons. The van der Waals surface area contributed by atoms with Crippen LogP contribution in [0.15, 0.2) is 24.3 Å². The Kier molecular flexibility index (Phi) is 7.76. The summed E-state index contributed by atoms with van der Waals surface area (Å²) in [7, 11) is 0. The number of aryl methyl sites for hydroxylation is 1. The summed E-state index contributed by atoms with van der Waals surface area (Å²) < 4.78 is 5.64. The van der Waals surface area contributed by atoms with E-state index in [4.69, 9.17) is 4.74 Å². The van der Waals surface area contributed by atoms with Crippen LogP contribution in [0.5, 0.6) is 5.75 Å². The third-order valence-electron chi connectivity index (χ3n) is 4.52. The highest BCUT2D eigenvalue weighted by Gasteiger charge is 2.23. The van der Waals surface area contributed by atoms with Gasteiger partial charge in [0.05, 0.1) is 0 Å². The van der Waals surface area contributed by atoms with Crippen LogP contribution in [0.3, 0.4) is 0 Å². The maximum Gasteiger partial charge on any atom is 0.119 e. The third kappa shape index (κ3) is 5.68. The molecule has 1 aromatic carbocycles. The van der Waals surface area contributed by atoms with Gasteiger partial charge in [-0.15, -0.1) is 0 Å². The number of hydrogen-bond donors (Lipinski definition) is 2. The van der Waals surface area contributed by atoms with Gasteiger partial charge in [0.1, 0.15) is 18.5 Å². The Balaban J connectivity index is 2.37. The van der Waals surface area contributed by atoms with Crippen molar-refractivity contribution in [1.82, 2.24) is 5.32 Å². The van der Waals surface area contributed by atoms with E-state index in [0.717, 1.165) is 31.4 Å². The van der Waals surface area contributed by atoms with Crippen molar-refractivity contribution in [3.05, 3.63) is 29.8 Å². The molecule has 0 amide bonds. The first kappa shape index (κ1) is 18.0. The average Bonchev–Trinajstić information content (AvgIpc) is 2.55. The Labute approximate surface area is 129 Å². The first-order valence-electron chi connectivity index (χ1n) is 8.24. The van der Waals surface area contributed by atoms with Crippen molar-refractivity contribution in [2.45, 2.75) is 65.0 Å². The fourth-order valence-electron chi connectivity index (χ4n) is 2.53. The highest BCUT2D eigenvalue weighted by atomic mass is 16.5. The summed E-state index contributed by atoms with van der Waals surface area (Å²) >= 11 is 0. The molecule has 1 unspecified atom stereocenters. The Bertz CT molecular complexity index is 376. The SMILES string of the molecule is CCc1ccc(OCC(O)CNC(CC)(CC)CC)cc1. The largest absolute Gasteiger partial charge is 0.491 e. The number of nitrogens with one attached hydrogen (secondary N) is 1. The van der Waals surface area contributed by atoms with Gasteiger partial charge < -0.3 is 15.2 Å². The Morgan fingerprint density at radius 1 is 1.05 bits per heavy atom. The van der Waals surface area contributed by atoms with Gasteiger partial charge in [-0.3, -0.25) is 0 Å². The second-order valence-corrected chi connectivity index (χ2v) is 5.68. The van der Waals surface area contributed by atoms with E-state index in [-0.39, 0.29) is 5.54 Å². The van der Waals surface area contributed by atoms with E-state index in [2.05, 4.69) is 45.1 Å². The van der Waals surface area contributed by atoms with Crippen LogP contribution in [0.2, 0.25) is 0 Å². The molecule has 0 bridgehead atoms. The highest BCUT2D eigenvalue weighted by Crippen LogP contribution is 2.19. The Morgan fingerprint density at radius 2 is 1.62 bits per heavy atom. The Morgan fingerprint density at radius 3 is 2.10 bits per heavy atom. The lowest BCUT2D eigenvalue weighted by Gasteiger charge is -2.33. The molecule has 3 heteroatoms. The van der Waals surface area contributed by atoms with Crippen LogP contribution in [0, 0.1) is 0 Å². The Hall–Kier alpha value is -1.06. The quantitative estimate of drug-likeness (QED) is 0.693. The monoisotopic (exact) mass is 293 g/mol. The van der Waals surface area contributed by atoms with Crippen molar-refractivity contribution in [3.8, 4) is 5.75 Å². The van der Waals surface area contributed by atoms with Gasteiger partial charge in [-0.2, -0.15) is 0 Å². The number of ether oxygens (including phenoxy) is 1. The fraction of sp³-hybridized carbons (Fsp3) is 0.667. The summed E-state index contributed by atoms with van der Waals surface area (Å²) in [5.41, 5.74) is 1.44. The molecule has 0 radical (unpaired) electrons. The van der Waals surface area contributed by atoms with Crippen LogP contribution in [0.4, 0.5) is 0 Å². The minimum absolute atomic E-state index is 0.143. The number of rotatable bonds is 10. The first-order chi connectivity index (χ1) is 10.1. The molecule has 0 aliphatic carbocycles. The molecule has 0 aliphatic heterocycles. The summed E-state index contributed by atoms with van der Waals surface area (Å²) in [6, 6.07) is 8.06. The van der Waals surface area contributed by atoms with E-state index in [0.29, 0.717) is 13.2 Å². The molecule has 0 aromatic heterocycles. The molecule has 0 fully saturated rings. The molecule has 1 aromatic rings. The molecular formula is C18H31NO2. The second-order valence-electron chi connectivity index (χ2n) is 5.68. The lowest BCUT2D eigenvalue weighted by atomic mass is 9.90. The van der Waals surface area contributed by atoms with E-state index in [9.17, 15) is 5.11 Å². The zero-order valence-electron chi connectivity index (χ0n) is 14.0. The zero-order valence-corrected chi connectivity index (χ0v) is 14.0. The van der Waals surface area contributed by atoms with E-state index >= 15 is 0 Å². The summed E-state index contributed by atoms with van der Waals surface area (Å²) in [6.07, 6.45) is 3.77. The fourth-order valence-corrected chi connectivity index (χ4v) is 2.53. The van der Waals surface area contributed by atoms with E-state index in [1.165, 1.54) is 5.56 Å². The van der Waals surface area contributed by atoms with Crippen LogP contribution < -0.4 is 10.1 Å². The maximum atomic E-state index is 10.1. The van der Waals surface area contributed by atoms with E-state index in [1.807, 2.05) is 12.1 Å². The molecular weight excluding hydrogens is 262 g/mol. The molecule has 2 N–H and O–H groups in total. The van der Waals surface area contributed by atoms with Crippen molar-refractivity contribution < 1.29 is 9.84 Å². The number of aliphatic hydroxyl groups excluding tert-OH is 1. The molecule has 1 rings (SSSR count). The van der Waals surface area contributed by atoms with Crippen molar-refractivity contribution in [2.24, 2.45) is 0 Å². The van der Waals surface area contributed by atoms with Crippen LogP contribution in [0.1, 0.15) is 52.5 Å². The number of aliphatic hydroxyl groups is 1. The minimum atomic E-state index is -0.486. The summed E-state index contributed by atoms with van der Waals surface area (Å²) in [5, 5.41) is 13.6. The summed E-state index contributed by atoms with van der Waals surface area (Å²) in [5.74, 6) is 0.819. The van der Waals surface area contributed by atoms with Gasteiger partial charge in [0.2, 0.25) is 0 Å². The highest BCUT2D eigenvalue weighted by molar-refractivity contribution is 5.27. The van der Waals surface area contributed by atoms with Crippen molar-refractivity contribution in [3.63, 3.8) is 0 Å². The lowest BCUT2D eigenvalue weighted by molar-refractivity contribution is 0.0942. The van der Waals surface area contributed by atoms with Gasteiger partial charge in [-0.05, 0) is 43.4 Å². The van der Waals surface area contributed by atoms with Gasteiger partial charge in [0.15, 0.2) is 0 Å². The van der Waals surface area contributed by atoms with Crippen LogP contribution >= 0.6 is 0 Å².